The fourth-order valence-electron chi connectivity index (χ4n) is 1.25. The van der Waals surface area contributed by atoms with Crippen LogP contribution in [0.5, 0.6) is 5.75 Å². The molecule has 0 fully saturated rings. The third kappa shape index (κ3) is 3.52. The van der Waals surface area contributed by atoms with Crippen molar-refractivity contribution >= 4 is 0 Å². The molecule has 4 nitrogen and oxygen atoms in total. The number of nitrogens with zero attached hydrogens (tertiary/aromatic N) is 3. The van der Waals surface area contributed by atoms with Gasteiger partial charge >= 0.3 is 6.36 Å². The third-order valence-corrected chi connectivity index (χ3v) is 1.95. The normalized spacial score (nSPS) is 10.9. The molecule has 9 heteroatoms. The van der Waals surface area contributed by atoms with Crippen LogP contribution in [0.25, 0.3) is 0 Å². The maximum absolute atomic E-state index is 12.6. The van der Waals surface area contributed by atoms with E-state index in [1.807, 2.05) is 0 Å². The fourth-order valence-corrected chi connectivity index (χ4v) is 1.25. The van der Waals surface area contributed by atoms with E-state index in [2.05, 4.69) is 9.72 Å². The lowest BCUT2D eigenvalue weighted by atomic mass is 10.1. The second-order valence-corrected chi connectivity index (χ2v) is 3.16. The Balaban J connectivity index is 3.47. The molecule has 0 aliphatic carbocycles. The van der Waals surface area contributed by atoms with Crippen LogP contribution < -0.4 is 4.74 Å². The zero-order valence-corrected chi connectivity index (χ0v) is 9.00. The number of pyridine rings is 1. The molecular weight excluding hydrogens is 273 g/mol. The molecule has 1 aromatic rings. The van der Waals surface area contributed by atoms with Crippen molar-refractivity contribution in [2.45, 2.75) is 19.2 Å². The van der Waals surface area contributed by atoms with E-state index in [9.17, 15) is 22.0 Å². The lowest BCUT2D eigenvalue weighted by molar-refractivity contribution is -0.275. The van der Waals surface area contributed by atoms with Gasteiger partial charge in [-0.05, 0) is 0 Å². The van der Waals surface area contributed by atoms with Crippen molar-refractivity contribution in [1.82, 2.24) is 4.98 Å². The predicted molar refractivity (Wildman–Crippen MR) is 49.9 cm³/mol. The molecule has 0 aliphatic heterocycles. The highest BCUT2D eigenvalue weighted by Crippen LogP contribution is 2.34. The maximum Gasteiger partial charge on any atom is 0.573 e. The first-order valence-electron chi connectivity index (χ1n) is 4.63. The Bertz CT molecular complexity index is 556. The Kier molecular flexibility index (Phi) is 4.22. The van der Waals surface area contributed by atoms with Crippen molar-refractivity contribution in [2.75, 3.05) is 0 Å². The average molecular weight is 277 g/mol. The van der Waals surface area contributed by atoms with Gasteiger partial charge in [0, 0.05) is 6.20 Å². The van der Waals surface area contributed by atoms with E-state index in [0.717, 1.165) is 0 Å². The zero-order chi connectivity index (χ0) is 14.6. The molecule has 1 rings (SSSR count). The summed E-state index contributed by atoms with van der Waals surface area (Å²) in [6.07, 6.45) is -8.42. The number of hydrogen-bond acceptors (Lipinski definition) is 4. The van der Waals surface area contributed by atoms with Gasteiger partial charge in [-0.2, -0.15) is 10.5 Å². The fraction of sp³-hybridized carbons (Fsp3) is 0.300. The van der Waals surface area contributed by atoms with Gasteiger partial charge < -0.3 is 4.74 Å². The van der Waals surface area contributed by atoms with Crippen LogP contribution in [-0.4, -0.2) is 11.3 Å². The molecule has 0 bridgehead atoms. The van der Waals surface area contributed by atoms with Crippen molar-refractivity contribution in [2.24, 2.45) is 0 Å². The van der Waals surface area contributed by atoms with Crippen molar-refractivity contribution in [3.63, 3.8) is 0 Å². The number of ether oxygens (including phenoxy) is 1. The Labute approximate surface area is 103 Å². The van der Waals surface area contributed by atoms with Gasteiger partial charge in [-0.1, -0.05) is 0 Å². The summed E-state index contributed by atoms with van der Waals surface area (Å²) in [5, 5.41) is 17.1. The first kappa shape index (κ1) is 14.6. The minimum Gasteiger partial charge on any atom is -0.402 e. The first-order chi connectivity index (χ1) is 8.80. The van der Waals surface area contributed by atoms with E-state index in [4.69, 9.17) is 10.5 Å². The molecule has 0 unspecified atom stereocenters. The van der Waals surface area contributed by atoms with Crippen LogP contribution in [0, 0.1) is 22.7 Å². The molecule has 100 valence electrons. The molecule has 0 amide bonds. The first-order valence-corrected chi connectivity index (χ1v) is 4.63. The summed E-state index contributed by atoms with van der Waals surface area (Å²) in [6, 6.07) is 2.72. The predicted octanol–water partition coefficient (Wildman–Crippen LogP) is 2.86. The Morgan fingerprint density at radius 3 is 2.37 bits per heavy atom. The SMILES string of the molecule is N#CCc1ncc(C(F)F)c(C#N)c1OC(F)(F)F. The van der Waals surface area contributed by atoms with E-state index in [-0.39, 0.29) is 0 Å². The van der Waals surface area contributed by atoms with Crippen molar-refractivity contribution in [3.8, 4) is 17.9 Å². The van der Waals surface area contributed by atoms with E-state index in [1.54, 1.807) is 0 Å². The van der Waals surface area contributed by atoms with Crippen molar-refractivity contribution in [3.05, 3.63) is 23.0 Å². The number of halogens is 5. The Morgan fingerprint density at radius 1 is 1.32 bits per heavy atom. The largest absolute Gasteiger partial charge is 0.573 e. The number of alkyl halides is 5. The molecule has 0 atom stereocenters. The van der Waals surface area contributed by atoms with Gasteiger partial charge in [0.15, 0.2) is 5.75 Å². The summed E-state index contributed by atoms with van der Waals surface area (Å²) in [5.74, 6) is -1.16. The van der Waals surface area contributed by atoms with E-state index in [0.29, 0.717) is 6.20 Å². The summed E-state index contributed by atoms with van der Waals surface area (Å²) in [7, 11) is 0. The number of nitriles is 2. The smallest absolute Gasteiger partial charge is 0.402 e. The van der Waals surface area contributed by atoms with Crippen LogP contribution in [0.15, 0.2) is 6.20 Å². The molecule has 0 aliphatic rings. The summed E-state index contributed by atoms with van der Waals surface area (Å²) < 4.78 is 65.2. The van der Waals surface area contributed by atoms with Gasteiger partial charge in [-0.3, -0.25) is 4.98 Å². The summed E-state index contributed by atoms with van der Waals surface area (Å²) in [5.41, 5.74) is -2.49. The van der Waals surface area contributed by atoms with Gasteiger partial charge in [-0.15, -0.1) is 13.2 Å². The second kappa shape index (κ2) is 5.48. The van der Waals surface area contributed by atoms with E-state index in [1.165, 1.54) is 12.1 Å². The molecule has 1 heterocycles. The van der Waals surface area contributed by atoms with Gasteiger partial charge in [0.05, 0.1) is 23.7 Å². The van der Waals surface area contributed by atoms with Crippen LogP contribution in [0.2, 0.25) is 0 Å². The van der Waals surface area contributed by atoms with Crippen LogP contribution in [0.3, 0.4) is 0 Å². The van der Waals surface area contributed by atoms with Crippen LogP contribution >= 0.6 is 0 Å². The summed E-state index contributed by atoms with van der Waals surface area (Å²) >= 11 is 0. The monoisotopic (exact) mass is 277 g/mol. The minimum atomic E-state index is -5.18. The molecule has 0 spiro atoms. The average Bonchev–Trinajstić information content (AvgIpc) is 2.29. The standard InChI is InChI=1S/C10H4F5N3O/c11-9(12)6-4-18-7(1-2-16)8(5(6)3-17)19-10(13,14)15/h4,9H,1H2. The summed E-state index contributed by atoms with van der Waals surface area (Å²) in [6.45, 7) is 0. The zero-order valence-electron chi connectivity index (χ0n) is 9.00. The van der Waals surface area contributed by atoms with Gasteiger partial charge in [-0.25, -0.2) is 8.78 Å². The topological polar surface area (TPSA) is 69.7 Å². The lowest BCUT2D eigenvalue weighted by Gasteiger charge is -2.14. The highest BCUT2D eigenvalue weighted by molar-refractivity contribution is 5.51. The van der Waals surface area contributed by atoms with Gasteiger partial charge in [0.25, 0.3) is 6.43 Å². The van der Waals surface area contributed by atoms with E-state index >= 15 is 0 Å². The molecule has 1 aromatic heterocycles. The number of aromatic nitrogens is 1. The Morgan fingerprint density at radius 2 is 1.95 bits per heavy atom. The van der Waals surface area contributed by atoms with Crippen LogP contribution in [0.4, 0.5) is 22.0 Å². The van der Waals surface area contributed by atoms with Gasteiger partial charge in [0.1, 0.15) is 11.6 Å². The molecule has 0 radical (unpaired) electrons. The molecule has 0 saturated heterocycles. The third-order valence-electron chi connectivity index (χ3n) is 1.95. The summed E-state index contributed by atoms with van der Waals surface area (Å²) in [4.78, 5) is 3.30. The van der Waals surface area contributed by atoms with Crippen molar-refractivity contribution < 1.29 is 26.7 Å². The maximum atomic E-state index is 12.6. The van der Waals surface area contributed by atoms with E-state index < -0.39 is 41.8 Å². The molecular formula is C10H4F5N3O. The number of hydrogen-bond donors (Lipinski definition) is 0. The Hall–Kier alpha value is -2.42. The van der Waals surface area contributed by atoms with Gasteiger partial charge in [0.2, 0.25) is 0 Å². The van der Waals surface area contributed by atoms with Crippen LogP contribution in [-0.2, 0) is 6.42 Å². The van der Waals surface area contributed by atoms with Crippen LogP contribution in [0.1, 0.15) is 23.2 Å². The minimum absolute atomic E-state index is 0.527. The number of rotatable bonds is 3. The lowest BCUT2D eigenvalue weighted by Crippen LogP contribution is -2.20. The second-order valence-electron chi connectivity index (χ2n) is 3.16. The highest BCUT2D eigenvalue weighted by Gasteiger charge is 2.35. The molecule has 0 N–H and O–H groups in total. The highest BCUT2D eigenvalue weighted by atomic mass is 19.4. The molecule has 0 aromatic carbocycles. The quantitative estimate of drug-likeness (QED) is 0.796. The molecule has 0 saturated carbocycles. The van der Waals surface area contributed by atoms with Crippen molar-refractivity contribution in [1.29, 1.82) is 10.5 Å². The molecule has 19 heavy (non-hydrogen) atoms.